The predicted molar refractivity (Wildman–Crippen MR) is 137 cm³/mol. The van der Waals surface area contributed by atoms with Crippen molar-refractivity contribution in [2.24, 2.45) is 0 Å². The lowest BCUT2D eigenvalue weighted by Crippen LogP contribution is -2.35. The molecule has 39 heavy (non-hydrogen) atoms. The van der Waals surface area contributed by atoms with Crippen LogP contribution in [0.15, 0.2) is 90.4 Å². The van der Waals surface area contributed by atoms with Crippen molar-refractivity contribution in [3.8, 4) is 11.4 Å². The molecule has 11 heteroatoms. The van der Waals surface area contributed by atoms with Gasteiger partial charge in [-0.2, -0.15) is 13.2 Å². The van der Waals surface area contributed by atoms with Crippen LogP contribution in [0.4, 0.5) is 24.7 Å². The van der Waals surface area contributed by atoms with Crippen LogP contribution in [0, 0.1) is 0 Å². The third-order valence-electron chi connectivity index (χ3n) is 6.19. The van der Waals surface area contributed by atoms with E-state index in [0.29, 0.717) is 28.2 Å². The highest BCUT2D eigenvalue weighted by Crippen LogP contribution is 2.40. The van der Waals surface area contributed by atoms with Gasteiger partial charge in [-0.05, 0) is 41.5 Å². The quantitative estimate of drug-likeness (QED) is 0.337. The molecule has 0 saturated heterocycles. The molecule has 1 aliphatic heterocycles. The summed E-state index contributed by atoms with van der Waals surface area (Å²) in [6.07, 6.45) is -1.26. The van der Waals surface area contributed by atoms with Crippen LogP contribution in [0.25, 0.3) is 11.4 Å². The summed E-state index contributed by atoms with van der Waals surface area (Å²) in [4.78, 5) is 38.4. The van der Waals surface area contributed by atoms with Gasteiger partial charge >= 0.3 is 12.1 Å². The molecule has 4 aromatic rings. The van der Waals surface area contributed by atoms with Gasteiger partial charge < -0.3 is 15.0 Å². The Bertz CT molecular complexity index is 1530. The molecule has 2 aromatic heterocycles. The Hall–Kier alpha value is -4.93. The molecule has 0 atom stereocenters. The zero-order valence-electron chi connectivity index (χ0n) is 20.6. The molecular formula is C28H22F3N5O3. The molecule has 198 valence electrons. The van der Waals surface area contributed by atoms with Crippen molar-refractivity contribution in [3.05, 3.63) is 107 Å². The van der Waals surface area contributed by atoms with E-state index in [0.717, 1.165) is 11.6 Å². The summed E-state index contributed by atoms with van der Waals surface area (Å²) in [7, 11) is 1.18. The fourth-order valence-corrected chi connectivity index (χ4v) is 4.34. The number of halogens is 3. The minimum atomic E-state index is -4.67. The number of rotatable bonds is 6. The number of imidazole rings is 1. The first-order valence-corrected chi connectivity index (χ1v) is 11.9. The zero-order valence-corrected chi connectivity index (χ0v) is 20.6. The first-order chi connectivity index (χ1) is 18.8. The van der Waals surface area contributed by atoms with Gasteiger partial charge in [0.1, 0.15) is 23.0 Å². The van der Waals surface area contributed by atoms with Crippen LogP contribution in [-0.4, -0.2) is 40.5 Å². The molecule has 0 aliphatic carbocycles. The number of aromatic nitrogens is 3. The summed E-state index contributed by atoms with van der Waals surface area (Å²) in [6, 6.07) is 17.5. The maximum Gasteiger partial charge on any atom is 0.433 e. The maximum absolute atomic E-state index is 13.5. The van der Waals surface area contributed by atoms with Gasteiger partial charge in [0.25, 0.3) is 5.91 Å². The minimum absolute atomic E-state index is 0.00325. The number of nitrogens with zero attached hydrogens (tertiary/aromatic N) is 3. The smallest absolute Gasteiger partial charge is 0.433 e. The second kappa shape index (κ2) is 10.4. The number of alkyl halides is 3. The lowest BCUT2D eigenvalue weighted by molar-refractivity contribution is -0.141. The van der Waals surface area contributed by atoms with Gasteiger partial charge in [-0.1, -0.05) is 36.4 Å². The van der Waals surface area contributed by atoms with Crippen LogP contribution in [-0.2, 0) is 22.1 Å². The second-order valence-electron chi connectivity index (χ2n) is 8.67. The van der Waals surface area contributed by atoms with Crippen molar-refractivity contribution in [2.45, 2.75) is 12.6 Å². The molecular weight excluding hydrogens is 511 g/mol. The van der Waals surface area contributed by atoms with Gasteiger partial charge in [-0.15, -0.1) is 0 Å². The van der Waals surface area contributed by atoms with E-state index in [1.807, 2.05) is 0 Å². The number of hydrogen-bond acceptors (Lipinski definition) is 6. The number of methoxy groups -OCH3 is 1. The third kappa shape index (κ3) is 5.24. The number of fused-ring (bicyclic) bond motifs is 1. The topological polar surface area (TPSA) is 100 Å². The fourth-order valence-electron chi connectivity index (χ4n) is 4.34. The van der Waals surface area contributed by atoms with Gasteiger partial charge in [0.15, 0.2) is 0 Å². The van der Waals surface area contributed by atoms with E-state index in [2.05, 4.69) is 20.3 Å². The molecule has 1 amide bonds. The van der Waals surface area contributed by atoms with Crippen LogP contribution < -0.4 is 10.2 Å². The molecule has 0 fully saturated rings. The molecule has 2 N–H and O–H groups in total. The van der Waals surface area contributed by atoms with Crippen LogP contribution in [0.5, 0.6) is 0 Å². The highest BCUT2D eigenvalue weighted by atomic mass is 19.4. The molecule has 5 rings (SSSR count). The Morgan fingerprint density at radius 2 is 1.79 bits per heavy atom. The number of ether oxygens (including phenoxy) is 1. The van der Waals surface area contributed by atoms with E-state index < -0.39 is 17.8 Å². The summed E-state index contributed by atoms with van der Waals surface area (Å²) in [6.45, 7) is -0.0486. The van der Waals surface area contributed by atoms with Crippen molar-refractivity contribution < 1.29 is 27.5 Å². The highest BCUT2D eigenvalue weighted by molar-refractivity contribution is 5.99. The lowest BCUT2D eigenvalue weighted by Gasteiger charge is -2.33. The Morgan fingerprint density at radius 1 is 1.05 bits per heavy atom. The molecule has 0 radical (unpaired) electrons. The molecule has 0 spiro atoms. The predicted octanol–water partition coefficient (Wildman–Crippen LogP) is 5.04. The Morgan fingerprint density at radius 3 is 2.44 bits per heavy atom. The van der Waals surface area contributed by atoms with Crippen LogP contribution in [0.2, 0.25) is 0 Å². The van der Waals surface area contributed by atoms with Crippen molar-refractivity contribution in [3.63, 3.8) is 0 Å². The van der Waals surface area contributed by atoms with Crippen molar-refractivity contribution in [1.82, 2.24) is 20.3 Å². The molecule has 0 bridgehead atoms. The van der Waals surface area contributed by atoms with E-state index >= 15 is 0 Å². The van der Waals surface area contributed by atoms with E-state index in [9.17, 15) is 22.8 Å². The molecule has 0 saturated carbocycles. The molecule has 3 heterocycles. The SMILES string of the molecule is COC(=O)C1=C(CNC(=O)c2ccc(-c3ncc[nH]3)cc2)Cc2ccc(C(F)(F)F)nc2N1c1ccccc1. The number of pyridine rings is 1. The summed E-state index contributed by atoms with van der Waals surface area (Å²) in [5.74, 6) is -0.518. The first kappa shape index (κ1) is 25.7. The number of anilines is 2. The Balaban J connectivity index is 1.49. The number of nitrogens with one attached hydrogen (secondary N) is 2. The van der Waals surface area contributed by atoms with Crippen molar-refractivity contribution in [1.29, 1.82) is 0 Å². The number of amides is 1. The van der Waals surface area contributed by atoms with Crippen molar-refractivity contribution in [2.75, 3.05) is 18.6 Å². The number of carbonyl (C=O) groups is 2. The number of H-pyrrole nitrogens is 1. The summed E-state index contributed by atoms with van der Waals surface area (Å²) >= 11 is 0. The average molecular weight is 534 g/mol. The van der Waals surface area contributed by atoms with E-state index in [1.54, 1.807) is 67.0 Å². The second-order valence-corrected chi connectivity index (χ2v) is 8.67. The average Bonchev–Trinajstić information content (AvgIpc) is 3.49. The molecule has 8 nitrogen and oxygen atoms in total. The maximum atomic E-state index is 13.5. The summed E-state index contributed by atoms with van der Waals surface area (Å²) in [5, 5.41) is 2.82. The summed E-state index contributed by atoms with van der Waals surface area (Å²) in [5.41, 5.74) is 1.45. The van der Waals surface area contributed by atoms with E-state index in [1.165, 1.54) is 18.1 Å². The Labute approximate surface area is 221 Å². The van der Waals surface area contributed by atoms with Gasteiger partial charge in [0, 0.05) is 42.2 Å². The number of aromatic amines is 1. The van der Waals surface area contributed by atoms with Gasteiger partial charge in [-0.3, -0.25) is 9.69 Å². The molecule has 2 aromatic carbocycles. The van der Waals surface area contributed by atoms with E-state index in [-0.39, 0.29) is 30.4 Å². The van der Waals surface area contributed by atoms with E-state index in [4.69, 9.17) is 4.74 Å². The monoisotopic (exact) mass is 533 g/mol. The normalized spacial score (nSPS) is 13.2. The lowest BCUT2D eigenvalue weighted by atomic mass is 9.96. The van der Waals surface area contributed by atoms with Gasteiger partial charge in [-0.25, -0.2) is 14.8 Å². The van der Waals surface area contributed by atoms with Crippen molar-refractivity contribution >= 4 is 23.4 Å². The number of para-hydroxylation sites is 1. The van der Waals surface area contributed by atoms with Gasteiger partial charge in [0.05, 0.1) is 7.11 Å². The molecule has 1 aliphatic rings. The standard InChI is InChI=1S/C28H22F3N5O3/c1-39-27(38)23-20(16-34-26(37)18-9-7-17(8-10-18)24-32-13-14-33-24)15-19-11-12-22(28(29,30)31)35-25(19)36(23)21-5-3-2-4-6-21/h2-14H,15-16H2,1H3,(H,32,33)(H,34,37). The number of esters is 1. The number of hydrogen-bond donors (Lipinski definition) is 2. The first-order valence-electron chi connectivity index (χ1n) is 11.9. The summed E-state index contributed by atoms with van der Waals surface area (Å²) < 4.78 is 45.6. The van der Waals surface area contributed by atoms with Crippen LogP contribution >= 0.6 is 0 Å². The minimum Gasteiger partial charge on any atom is -0.464 e. The number of benzene rings is 2. The zero-order chi connectivity index (χ0) is 27.6. The molecule has 0 unspecified atom stereocenters. The largest absolute Gasteiger partial charge is 0.464 e. The third-order valence-corrected chi connectivity index (χ3v) is 6.19. The number of carbonyl (C=O) groups excluding carboxylic acids is 2. The highest BCUT2D eigenvalue weighted by Gasteiger charge is 2.37. The Kier molecular flexibility index (Phi) is 6.88. The fraction of sp³-hybridized carbons (Fsp3) is 0.143. The van der Waals surface area contributed by atoms with Crippen LogP contribution in [0.3, 0.4) is 0 Å². The van der Waals surface area contributed by atoms with Gasteiger partial charge in [0.2, 0.25) is 0 Å². The van der Waals surface area contributed by atoms with Crippen LogP contribution in [0.1, 0.15) is 21.6 Å².